The number of hydrogen-bond acceptors (Lipinski definition) is 2. The molecule has 0 saturated carbocycles. The van der Waals surface area contributed by atoms with Crippen LogP contribution in [0, 0.1) is 0 Å². The van der Waals surface area contributed by atoms with Crippen LogP contribution in [0.1, 0.15) is 13.8 Å². The maximum absolute atomic E-state index is 8.96. The molecule has 1 aliphatic heterocycles. The SMILES string of the molecule is CC1=COC(O)C(C)=C1. The van der Waals surface area contributed by atoms with Crippen molar-refractivity contribution in [3.63, 3.8) is 0 Å². The number of allylic oxidation sites excluding steroid dienone is 2. The molecule has 0 fully saturated rings. The first-order chi connectivity index (χ1) is 4.20. The highest BCUT2D eigenvalue weighted by molar-refractivity contribution is 5.23. The van der Waals surface area contributed by atoms with E-state index in [1.807, 2.05) is 19.9 Å². The molecule has 0 aromatic rings. The van der Waals surface area contributed by atoms with Crippen LogP contribution < -0.4 is 0 Å². The largest absolute Gasteiger partial charge is 0.469 e. The third kappa shape index (κ3) is 1.33. The number of aliphatic hydroxyl groups excluding tert-OH is 1. The molecule has 1 unspecified atom stereocenters. The third-order valence-electron chi connectivity index (χ3n) is 1.23. The van der Waals surface area contributed by atoms with Gasteiger partial charge < -0.3 is 9.84 Å². The van der Waals surface area contributed by atoms with Crippen molar-refractivity contribution in [2.45, 2.75) is 20.1 Å². The number of rotatable bonds is 0. The van der Waals surface area contributed by atoms with Crippen LogP contribution in [0.3, 0.4) is 0 Å². The zero-order chi connectivity index (χ0) is 6.85. The van der Waals surface area contributed by atoms with Gasteiger partial charge in [-0.1, -0.05) is 6.08 Å². The fourth-order valence-corrected chi connectivity index (χ4v) is 0.744. The molecule has 2 heteroatoms. The quantitative estimate of drug-likeness (QED) is 0.528. The Bertz CT molecular complexity index is 168. The van der Waals surface area contributed by atoms with E-state index in [0.29, 0.717) is 0 Å². The Labute approximate surface area is 54.5 Å². The van der Waals surface area contributed by atoms with Crippen molar-refractivity contribution >= 4 is 0 Å². The predicted octanol–water partition coefficient (Wildman–Crippen LogP) is 1.19. The topological polar surface area (TPSA) is 29.5 Å². The van der Waals surface area contributed by atoms with E-state index in [4.69, 9.17) is 9.84 Å². The molecule has 1 heterocycles. The van der Waals surface area contributed by atoms with Crippen molar-refractivity contribution in [1.82, 2.24) is 0 Å². The van der Waals surface area contributed by atoms with Crippen molar-refractivity contribution in [2.24, 2.45) is 0 Å². The normalized spacial score (nSPS) is 26.3. The van der Waals surface area contributed by atoms with Crippen LogP contribution in [0.2, 0.25) is 0 Å². The first kappa shape index (κ1) is 6.36. The molecule has 0 aromatic carbocycles. The predicted molar refractivity (Wildman–Crippen MR) is 34.6 cm³/mol. The van der Waals surface area contributed by atoms with Crippen LogP contribution in [-0.4, -0.2) is 11.4 Å². The first-order valence-electron chi connectivity index (χ1n) is 2.88. The van der Waals surface area contributed by atoms with E-state index in [1.54, 1.807) is 6.26 Å². The Morgan fingerprint density at radius 1 is 1.56 bits per heavy atom. The van der Waals surface area contributed by atoms with Crippen LogP contribution in [0.25, 0.3) is 0 Å². The summed E-state index contributed by atoms with van der Waals surface area (Å²) in [5, 5.41) is 8.96. The minimum Gasteiger partial charge on any atom is -0.469 e. The summed E-state index contributed by atoms with van der Waals surface area (Å²) in [6.07, 6.45) is 2.72. The lowest BCUT2D eigenvalue weighted by Crippen LogP contribution is -2.12. The lowest BCUT2D eigenvalue weighted by atomic mass is 10.2. The second kappa shape index (κ2) is 2.23. The Morgan fingerprint density at radius 3 is 2.67 bits per heavy atom. The molecule has 2 nitrogen and oxygen atoms in total. The van der Waals surface area contributed by atoms with Gasteiger partial charge >= 0.3 is 0 Å². The number of ether oxygens (including phenoxy) is 1. The van der Waals surface area contributed by atoms with Crippen LogP contribution in [0.5, 0.6) is 0 Å². The summed E-state index contributed by atoms with van der Waals surface area (Å²) >= 11 is 0. The van der Waals surface area contributed by atoms with Crippen LogP contribution in [0.4, 0.5) is 0 Å². The molecule has 1 rings (SSSR count). The van der Waals surface area contributed by atoms with Gasteiger partial charge in [0.15, 0.2) is 0 Å². The van der Waals surface area contributed by atoms with Crippen molar-refractivity contribution < 1.29 is 9.84 Å². The van der Waals surface area contributed by atoms with E-state index in [1.165, 1.54) is 0 Å². The van der Waals surface area contributed by atoms with Gasteiger partial charge in [-0.25, -0.2) is 0 Å². The third-order valence-corrected chi connectivity index (χ3v) is 1.23. The zero-order valence-electron chi connectivity index (χ0n) is 5.59. The van der Waals surface area contributed by atoms with E-state index in [2.05, 4.69) is 0 Å². The lowest BCUT2D eigenvalue weighted by molar-refractivity contribution is -0.0240. The highest BCUT2D eigenvalue weighted by Crippen LogP contribution is 2.13. The average molecular weight is 126 g/mol. The van der Waals surface area contributed by atoms with Gasteiger partial charge in [0.2, 0.25) is 6.29 Å². The summed E-state index contributed by atoms with van der Waals surface area (Å²) in [7, 11) is 0. The van der Waals surface area contributed by atoms with Crippen molar-refractivity contribution in [3.05, 3.63) is 23.5 Å². The van der Waals surface area contributed by atoms with E-state index >= 15 is 0 Å². The molecule has 0 aromatic heterocycles. The highest BCUT2D eigenvalue weighted by atomic mass is 16.6. The summed E-state index contributed by atoms with van der Waals surface area (Å²) in [6, 6.07) is 0. The van der Waals surface area contributed by atoms with Crippen molar-refractivity contribution in [3.8, 4) is 0 Å². The van der Waals surface area contributed by atoms with Gasteiger partial charge in [0, 0.05) is 0 Å². The van der Waals surface area contributed by atoms with Crippen molar-refractivity contribution in [1.29, 1.82) is 0 Å². The second-order valence-electron chi connectivity index (χ2n) is 2.24. The Hall–Kier alpha value is -0.760. The maximum Gasteiger partial charge on any atom is 0.219 e. The van der Waals surface area contributed by atoms with Gasteiger partial charge in [-0.15, -0.1) is 0 Å². The Morgan fingerprint density at radius 2 is 2.22 bits per heavy atom. The minimum absolute atomic E-state index is 0.728. The summed E-state index contributed by atoms with van der Waals surface area (Å²) < 4.78 is 4.83. The molecule has 0 spiro atoms. The molecule has 1 N–H and O–H groups in total. The monoisotopic (exact) mass is 126 g/mol. The molecular formula is C7H10O2. The first-order valence-corrected chi connectivity index (χ1v) is 2.88. The number of hydrogen-bond donors (Lipinski definition) is 1. The molecule has 0 amide bonds. The second-order valence-corrected chi connectivity index (χ2v) is 2.24. The van der Waals surface area contributed by atoms with Gasteiger partial charge in [0.1, 0.15) is 0 Å². The molecule has 0 saturated heterocycles. The molecule has 0 bridgehead atoms. The Kier molecular flexibility index (Phi) is 1.58. The molecule has 1 aliphatic rings. The average Bonchev–Trinajstić information content (AvgIpc) is 1.80. The molecular weight excluding hydrogens is 116 g/mol. The van der Waals surface area contributed by atoms with Gasteiger partial charge in [0.05, 0.1) is 6.26 Å². The van der Waals surface area contributed by atoms with Gasteiger partial charge in [-0.05, 0) is 25.0 Å². The van der Waals surface area contributed by atoms with Crippen LogP contribution in [-0.2, 0) is 4.74 Å². The summed E-state index contributed by atoms with van der Waals surface area (Å²) in [4.78, 5) is 0. The van der Waals surface area contributed by atoms with Crippen LogP contribution in [0.15, 0.2) is 23.5 Å². The molecule has 0 aliphatic carbocycles. The summed E-state index contributed by atoms with van der Waals surface area (Å²) in [5.41, 5.74) is 1.90. The van der Waals surface area contributed by atoms with Gasteiger partial charge in [0.25, 0.3) is 0 Å². The van der Waals surface area contributed by atoms with E-state index < -0.39 is 6.29 Å². The summed E-state index contributed by atoms with van der Waals surface area (Å²) in [6.45, 7) is 3.76. The smallest absolute Gasteiger partial charge is 0.219 e. The standard InChI is InChI=1S/C7H10O2/c1-5-3-6(2)7(8)9-4-5/h3-4,7-8H,1-2H3. The molecule has 0 radical (unpaired) electrons. The van der Waals surface area contributed by atoms with E-state index in [9.17, 15) is 0 Å². The van der Waals surface area contributed by atoms with Gasteiger partial charge in [-0.3, -0.25) is 0 Å². The maximum atomic E-state index is 8.96. The Balaban J connectivity index is 2.74. The zero-order valence-corrected chi connectivity index (χ0v) is 5.59. The number of aliphatic hydroxyl groups is 1. The van der Waals surface area contributed by atoms with E-state index in [0.717, 1.165) is 11.1 Å². The highest BCUT2D eigenvalue weighted by Gasteiger charge is 2.08. The fraction of sp³-hybridized carbons (Fsp3) is 0.429. The fourth-order valence-electron chi connectivity index (χ4n) is 0.744. The molecule has 9 heavy (non-hydrogen) atoms. The molecule has 50 valence electrons. The van der Waals surface area contributed by atoms with Crippen LogP contribution >= 0.6 is 0 Å². The molecule has 1 atom stereocenters. The van der Waals surface area contributed by atoms with E-state index in [-0.39, 0.29) is 0 Å². The lowest BCUT2D eigenvalue weighted by Gasteiger charge is -2.15. The van der Waals surface area contributed by atoms with Gasteiger partial charge in [-0.2, -0.15) is 0 Å². The minimum atomic E-state index is -0.728. The van der Waals surface area contributed by atoms with Crippen molar-refractivity contribution in [2.75, 3.05) is 0 Å². The summed E-state index contributed by atoms with van der Waals surface area (Å²) in [5.74, 6) is 0.